The van der Waals surface area contributed by atoms with Gasteiger partial charge < -0.3 is 20.5 Å². The summed E-state index contributed by atoms with van der Waals surface area (Å²) >= 11 is 0. The Morgan fingerprint density at radius 1 is 1.56 bits per heavy atom. The molecule has 0 aliphatic carbocycles. The number of rotatable bonds is 6. The largest absolute Gasteiger partial charge is 0.479 e. The molecule has 6 heteroatoms. The summed E-state index contributed by atoms with van der Waals surface area (Å²) in [5.74, 6) is -1.15. The fourth-order valence-corrected chi connectivity index (χ4v) is 2.27. The average molecular weight is 258 g/mol. The Labute approximate surface area is 107 Å². The van der Waals surface area contributed by atoms with Crippen LogP contribution in [0.25, 0.3) is 0 Å². The average Bonchev–Trinajstić information content (AvgIpc) is 2.39. The molecular weight excluding hydrogens is 236 g/mol. The van der Waals surface area contributed by atoms with E-state index in [0.717, 1.165) is 25.8 Å². The van der Waals surface area contributed by atoms with Gasteiger partial charge in [0.2, 0.25) is 5.91 Å². The lowest BCUT2D eigenvalue weighted by Gasteiger charge is -2.35. The van der Waals surface area contributed by atoms with Crippen LogP contribution >= 0.6 is 0 Å². The molecule has 2 atom stereocenters. The number of carbonyl (C=O) groups excluding carboxylic acids is 1. The van der Waals surface area contributed by atoms with E-state index in [-0.39, 0.29) is 12.5 Å². The van der Waals surface area contributed by atoms with Crippen molar-refractivity contribution >= 4 is 11.9 Å². The summed E-state index contributed by atoms with van der Waals surface area (Å²) in [7, 11) is 1.32. The highest BCUT2D eigenvalue weighted by molar-refractivity contribution is 5.83. The number of ether oxygens (including phenoxy) is 1. The number of carboxylic acid groups (broad SMARTS) is 1. The molecule has 1 fully saturated rings. The summed E-state index contributed by atoms with van der Waals surface area (Å²) in [4.78, 5) is 23.0. The topological polar surface area (TPSA) is 87.7 Å². The summed E-state index contributed by atoms with van der Waals surface area (Å²) < 4.78 is 4.79. The summed E-state index contributed by atoms with van der Waals surface area (Å²) in [6.45, 7) is 3.58. The molecule has 0 bridgehead atoms. The minimum atomic E-state index is -1.06. The number of carboxylic acids is 1. The van der Waals surface area contributed by atoms with Crippen molar-refractivity contribution in [3.63, 3.8) is 0 Å². The smallest absolute Gasteiger partial charge is 0.334 e. The van der Waals surface area contributed by atoms with Crippen LogP contribution in [-0.2, 0) is 14.3 Å². The van der Waals surface area contributed by atoms with Gasteiger partial charge in [0.1, 0.15) is 0 Å². The van der Waals surface area contributed by atoms with Crippen LogP contribution in [0.4, 0.5) is 0 Å². The predicted molar refractivity (Wildman–Crippen MR) is 66.3 cm³/mol. The van der Waals surface area contributed by atoms with E-state index in [9.17, 15) is 9.59 Å². The van der Waals surface area contributed by atoms with Gasteiger partial charge in [-0.15, -0.1) is 0 Å². The fourth-order valence-electron chi connectivity index (χ4n) is 2.27. The van der Waals surface area contributed by atoms with Gasteiger partial charge in [-0.3, -0.25) is 4.79 Å². The zero-order valence-corrected chi connectivity index (χ0v) is 11.0. The summed E-state index contributed by atoms with van der Waals surface area (Å²) in [6.07, 6.45) is 1.57. The number of piperidine rings is 1. The van der Waals surface area contributed by atoms with Crippen LogP contribution in [-0.4, -0.2) is 49.8 Å². The number of methoxy groups -OCH3 is 1. The van der Waals surface area contributed by atoms with Crippen LogP contribution in [0, 0.1) is 5.41 Å². The minimum Gasteiger partial charge on any atom is -0.479 e. The van der Waals surface area contributed by atoms with E-state index in [2.05, 4.69) is 10.6 Å². The Morgan fingerprint density at radius 2 is 2.28 bits per heavy atom. The fraction of sp³-hybridized carbons (Fsp3) is 0.833. The Morgan fingerprint density at radius 3 is 2.72 bits per heavy atom. The van der Waals surface area contributed by atoms with E-state index < -0.39 is 17.5 Å². The van der Waals surface area contributed by atoms with Crippen molar-refractivity contribution in [2.75, 3.05) is 26.7 Å². The molecule has 6 nitrogen and oxygen atoms in total. The van der Waals surface area contributed by atoms with Gasteiger partial charge in [-0.25, -0.2) is 4.79 Å². The normalized spacial score (nSPS) is 25.4. The van der Waals surface area contributed by atoms with Crippen LogP contribution in [0.3, 0.4) is 0 Å². The van der Waals surface area contributed by atoms with Crippen LogP contribution < -0.4 is 10.6 Å². The number of amides is 1. The third kappa shape index (κ3) is 3.43. The minimum absolute atomic E-state index is 0.00637. The van der Waals surface area contributed by atoms with Gasteiger partial charge in [0, 0.05) is 13.7 Å². The first kappa shape index (κ1) is 14.9. The van der Waals surface area contributed by atoms with E-state index in [0.29, 0.717) is 6.54 Å². The van der Waals surface area contributed by atoms with Gasteiger partial charge >= 0.3 is 5.97 Å². The number of carbonyl (C=O) groups is 2. The van der Waals surface area contributed by atoms with E-state index in [1.54, 1.807) is 0 Å². The maximum Gasteiger partial charge on any atom is 0.334 e. The zero-order valence-electron chi connectivity index (χ0n) is 11.0. The molecule has 1 amide bonds. The Hall–Kier alpha value is -1.14. The number of hydrogen-bond donors (Lipinski definition) is 3. The molecule has 0 aromatic heterocycles. The number of aliphatic carboxylic acids is 1. The molecule has 0 radical (unpaired) electrons. The second-order valence-corrected chi connectivity index (χ2v) is 4.69. The molecular formula is C12H22N2O4. The lowest BCUT2D eigenvalue weighted by molar-refractivity contribution is -0.148. The Balaban J connectivity index is 2.54. The van der Waals surface area contributed by atoms with Crippen molar-refractivity contribution in [1.82, 2.24) is 10.6 Å². The molecule has 0 aromatic rings. The van der Waals surface area contributed by atoms with Crippen LogP contribution in [0.1, 0.15) is 26.2 Å². The standard InChI is InChI=1S/C12H22N2O4/c1-3-12(5-4-6-13-8-12)11(17)14-7-9(18-2)10(15)16/h9,13H,3-8H2,1-2H3,(H,14,17)(H,15,16). The molecule has 1 heterocycles. The molecule has 1 aliphatic rings. The van der Waals surface area contributed by atoms with Gasteiger partial charge in [-0.1, -0.05) is 6.92 Å². The van der Waals surface area contributed by atoms with Crippen molar-refractivity contribution in [2.24, 2.45) is 5.41 Å². The summed E-state index contributed by atoms with van der Waals surface area (Å²) in [5, 5.41) is 14.7. The van der Waals surface area contributed by atoms with Crippen LogP contribution in [0.5, 0.6) is 0 Å². The SMILES string of the molecule is CCC1(C(=O)NCC(OC)C(=O)O)CCCNC1. The predicted octanol–water partition coefficient (Wildman–Crippen LogP) is -0.0180. The van der Waals surface area contributed by atoms with E-state index in [1.165, 1.54) is 7.11 Å². The first-order valence-corrected chi connectivity index (χ1v) is 6.30. The Kier molecular flexibility index (Phi) is 5.55. The first-order valence-electron chi connectivity index (χ1n) is 6.30. The van der Waals surface area contributed by atoms with Gasteiger partial charge in [0.05, 0.1) is 12.0 Å². The number of nitrogens with one attached hydrogen (secondary N) is 2. The maximum atomic E-state index is 12.2. The lowest BCUT2D eigenvalue weighted by atomic mass is 9.77. The third-order valence-corrected chi connectivity index (χ3v) is 3.64. The second kappa shape index (κ2) is 6.70. The molecule has 0 aromatic carbocycles. The molecule has 1 saturated heterocycles. The van der Waals surface area contributed by atoms with Crippen molar-refractivity contribution in [3.05, 3.63) is 0 Å². The van der Waals surface area contributed by atoms with Gasteiger partial charge in [0.15, 0.2) is 6.10 Å². The van der Waals surface area contributed by atoms with Gasteiger partial charge in [-0.2, -0.15) is 0 Å². The molecule has 18 heavy (non-hydrogen) atoms. The molecule has 2 unspecified atom stereocenters. The molecule has 0 saturated carbocycles. The maximum absolute atomic E-state index is 12.2. The van der Waals surface area contributed by atoms with Gasteiger partial charge in [0.25, 0.3) is 0 Å². The van der Waals surface area contributed by atoms with Crippen molar-refractivity contribution < 1.29 is 19.4 Å². The van der Waals surface area contributed by atoms with E-state index in [4.69, 9.17) is 9.84 Å². The Bertz CT molecular complexity index is 300. The van der Waals surface area contributed by atoms with Gasteiger partial charge in [-0.05, 0) is 25.8 Å². The molecule has 1 aliphatic heterocycles. The molecule has 1 rings (SSSR count). The quantitative estimate of drug-likeness (QED) is 0.623. The summed E-state index contributed by atoms with van der Waals surface area (Å²) in [5.41, 5.74) is -0.408. The monoisotopic (exact) mass is 258 g/mol. The highest BCUT2D eigenvalue weighted by atomic mass is 16.5. The highest BCUT2D eigenvalue weighted by Gasteiger charge is 2.38. The van der Waals surface area contributed by atoms with Crippen molar-refractivity contribution in [3.8, 4) is 0 Å². The van der Waals surface area contributed by atoms with Crippen LogP contribution in [0.2, 0.25) is 0 Å². The second-order valence-electron chi connectivity index (χ2n) is 4.69. The van der Waals surface area contributed by atoms with Crippen molar-refractivity contribution in [2.45, 2.75) is 32.3 Å². The third-order valence-electron chi connectivity index (χ3n) is 3.64. The van der Waals surface area contributed by atoms with E-state index in [1.807, 2.05) is 6.92 Å². The first-order chi connectivity index (χ1) is 8.55. The zero-order chi connectivity index (χ0) is 13.6. The number of hydrogen-bond acceptors (Lipinski definition) is 4. The molecule has 0 spiro atoms. The molecule has 104 valence electrons. The molecule has 3 N–H and O–H groups in total. The summed E-state index contributed by atoms with van der Waals surface area (Å²) in [6, 6.07) is 0. The van der Waals surface area contributed by atoms with E-state index >= 15 is 0 Å². The lowest BCUT2D eigenvalue weighted by Crippen LogP contribution is -2.52. The highest BCUT2D eigenvalue weighted by Crippen LogP contribution is 2.30. The van der Waals surface area contributed by atoms with Crippen molar-refractivity contribution in [1.29, 1.82) is 0 Å². The van der Waals surface area contributed by atoms with Crippen LogP contribution in [0.15, 0.2) is 0 Å².